The van der Waals surface area contributed by atoms with Gasteiger partial charge in [-0.25, -0.2) is 13.1 Å². The number of halogens is 1. The maximum absolute atomic E-state index is 12.4. The molecule has 0 aliphatic heterocycles. The van der Waals surface area contributed by atoms with Crippen LogP contribution in [0, 0.1) is 0 Å². The van der Waals surface area contributed by atoms with Crippen molar-refractivity contribution in [3.8, 4) is 0 Å². The van der Waals surface area contributed by atoms with E-state index in [9.17, 15) is 13.2 Å². The predicted molar refractivity (Wildman–Crippen MR) is 97.8 cm³/mol. The third kappa shape index (κ3) is 5.17. The standard InChI is InChI=1S/C16H25N3O3S.ClH/c1-15(2,3)19-23(21,22)13-8-6-7-12(11-13)18-14(20)16(17)9-4-5-10-16;/h6-8,11,19H,4-5,9-10,17H2,1-3H3,(H,18,20);1H. The van der Waals surface area contributed by atoms with Gasteiger partial charge in [0.25, 0.3) is 0 Å². The lowest BCUT2D eigenvalue weighted by atomic mass is 9.98. The third-order valence-electron chi connectivity index (χ3n) is 3.79. The van der Waals surface area contributed by atoms with Crippen LogP contribution in [0.5, 0.6) is 0 Å². The van der Waals surface area contributed by atoms with Gasteiger partial charge in [0.2, 0.25) is 15.9 Å². The van der Waals surface area contributed by atoms with E-state index in [2.05, 4.69) is 10.0 Å². The molecule has 0 radical (unpaired) electrons. The van der Waals surface area contributed by atoms with Crippen molar-refractivity contribution in [3.05, 3.63) is 24.3 Å². The molecule has 0 aromatic heterocycles. The van der Waals surface area contributed by atoms with Crippen LogP contribution >= 0.6 is 12.4 Å². The Balaban J connectivity index is 0.00000288. The minimum atomic E-state index is -3.64. The Morgan fingerprint density at radius 3 is 2.33 bits per heavy atom. The molecule has 24 heavy (non-hydrogen) atoms. The van der Waals surface area contributed by atoms with Gasteiger partial charge in [0.1, 0.15) is 0 Å². The highest BCUT2D eigenvalue weighted by Gasteiger charge is 2.37. The maximum atomic E-state index is 12.4. The van der Waals surface area contributed by atoms with Crippen molar-refractivity contribution >= 4 is 34.0 Å². The molecule has 1 aromatic rings. The lowest BCUT2D eigenvalue weighted by Crippen LogP contribution is -2.48. The Morgan fingerprint density at radius 2 is 1.79 bits per heavy atom. The summed E-state index contributed by atoms with van der Waals surface area (Å²) in [6.07, 6.45) is 3.19. The number of amides is 1. The number of anilines is 1. The summed E-state index contributed by atoms with van der Waals surface area (Å²) in [6.45, 7) is 5.32. The summed E-state index contributed by atoms with van der Waals surface area (Å²) in [4.78, 5) is 12.4. The molecule has 1 aromatic carbocycles. The highest BCUT2D eigenvalue weighted by molar-refractivity contribution is 7.89. The number of rotatable bonds is 4. The SMILES string of the molecule is CC(C)(C)NS(=O)(=O)c1cccc(NC(=O)C2(N)CCCC2)c1.Cl. The van der Waals surface area contributed by atoms with Crippen LogP contribution in [-0.4, -0.2) is 25.4 Å². The summed E-state index contributed by atoms with van der Waals surface area (Å²) in [7, 11) is -3.64. The number of nitrogens with one attached hydrogen (secondary N) is 2. The topological polar surface area (TPSA) is 101 Å². The van der Waals surface area contributed by atoms with E-state index in [-0.39, 0.29) is 23.2 Å². The van der Waals surface area contributed by atoms with Gasteiger partial charge in [0.05, 0.1) is 10.4 Å². The molecule has 4 N–H and O–H groups in total. The first-order valence-corrected chi connectivity index (χ1v) is 9.25. The van der Waals surface area contributed by atoms with E-state index < -0.39 is 21.1 Å². The van der Waals surface area contributed by atoms with Crippen LogP contribution < -0.4 is 15.8 Å². The van der Waals surface area contributed by atoms with Crippen LogP contribution in [0.4, 0.5) is 5.69 Å². The van der Waals surface area contributed by atoms with Gasteiger partial charge < -0.3 is 11.1 Å². The smallest absolute Gasteiger partial charge is 0.244 e. The van der Waals surface area contributed by atoms with Crippen LogP contribution in [-0.2, 0) is 14.8 Å². The first kappa shape index (κ1) is 20.9. The largest absolute Gasteiger partial charge is 0.324 e. The van der Waals surface area contributed by atoms with Gasteiger partial charge >= 0.3 is 0 Å². The second-order valence-corrected chi connectivity index (χ2v) is 8.88. The number of benzene rings is 1. The normalized spacial score (nSPS) is 17.2. The van der Waals surface area contributed by atoms with Crippen molar-refractivity contribution in [1.29, 1.82) is 0 Å². The van der Waals surface area contributed by atoms with Gasteiger partial charge in [0, 0.05) is 11.2 Å². The average molecular weight is 376 g/mol. The molecule has 1 aliphatic rings. The summed E-state index contributed by atoms with van der Waals surface area (Å²) in [6, 6.07) is 6.21. The maximum Gasteiger partial charge on any atom is 0.244 e. The van der Waals surface area contributed by atoms with Gasteiger partial charge in [-0.3, -0.25) is 4.79 Å². The fourth-order valence-electron chi connectivity index (χ4n) is 2.69. The second kappa shape index (κ2) is 7.39. The number of hydrogen-bond donors (Lipinski definition) is 3. The van der Waals surface area contributed by atoms with E-state index in [4.69, 9.17) is 5.73 Å². The van der Waals surface area contributed by atoms with Gasteiger partial charge in [-0.05, 0) is 51.8 Å². The van der Waals surface area contributed by atoms with Crippen molar-refractivity contribution in [1.82, 2.24) is 4.72 Å². The van der Waals surface area contributed by atoms with Crippen LogP contribution in [0.1, 0.15) is 46.5 Å². The summed E-state index contributed by atoms with van der Waals surface area (Å²) < 4.78 is 27.3. The molecule has 1 fully saturated rings. The first-order valence-electron chi connectivity index (χ1n) is 7.76. The number of hydrogen-bond acceptors (Lipinski definition) is 4. The Bertz CT molecular complexity index is 693. The molecule has 1 aliphatic carbocycles. The van der Waals surface area contributed by atoms with E-state index in [1.165, 1.54) is 12.1 Å². The molecule has 0 unspecified atom stereocenters. The Kier molecular flexibility index (Phi) is 6.43. The second-order valence-electron chi connectivity index (χ2n) is 7.20. The molecule has 0 saturated heterocycles. The molecular formula is C16H26ClN3O3S. The minimum Gasteiger partial charge on any atom is -0.324 e. The van der Waals surface area contributed by atoms with E-state index in [1.807, 2.05) is 0 Å². The molecule has 0 heterocycles. The molecule has 8 heteroatoms. The highest BCUT2D eigenvalue weighted by atomic mass is 35.5. The Labute approximate surface area is 150 Å². The zero-order valence-corrected chi connectivity index (χ0v) is 15.9. The van der Waals surface area contributed by atoms with Crippen LogP contribution in [0.2, 0.25) is 0 Å². The number of nitrogens with two attached hydrogens (primary N) is 1. The quantitative estimate of drug-likeness (QED) is 0.751. The summed E-state index contributed by atoms with van der Waals surface area (Å²) in [5, 5.41) is 2.74. The van der Waals surface area contributed by atoms with Crippen LogP contribution in [0.25, 0.3) is 0 Å². The third-order valence-corrected chi connectivity index (χ3v) is 5.55. The molecule has 6 nitrogen and oxygen atoms in total. The van der Waals surface area contributed by atoms with Crippen molar-refractivity contribution in [3.63, 3.8) is 0 Å². The van der Waals surface area contributed by atoms with E-state index >= 15 is 0 Å². The van der Waals surface area contributed by atoms with Crippen molar-refractivity contribution < 1.29 is 13.2 Å². The van der Waals surface area contributed by atoms with Crippen molar-refractivity contribution in [2.45, 2.75) is 62.4 Å². The summed E-state index contributed by atoms with van der Waals surface area (Å²) in [5.41, 5.74) is 5.12. The first-order chi connectivity index (χ1) is 10.5. The lowest BCUT2D eigenvalue weighted by molar-refractivity contribution is -0.121. The zero-order chi connectivity index (χ0) is 17.3. The fraction of sp³-hybridized carbons (Fsp3) is 0.562. The minimum absolute atomic E-state index is 0. The molecule has 1 saturated carbocycles. The Hall–Kier alpha value is -1.15. The van der Waals surface area contributed by atoms with Crippen molar-refractivity contribution in [2.75, 3.05) is 5.32 Å². The zero-order valence-electron chi connectivity index (χ0n) is 14.3. The lowest BCUT2D eigenvalue weighted by Gasteiger charge is -2.23. The molecule has 0 bridgehead atoms. The van der Waals surface area contributed by atoms with E-state index in [0.29, 0.717) is 18.5 Å². The molecular weight excluding hydrogens is 350 g/mol. The van der Waals surface area contributed by atoms with Crippen LogP contribution in [0.3, 0.4) is 0 Å². The molecule has 1 amide bonds. The van der Waals surface area contributed by atoms with Gasteiger partial charge in [-0.1, -0.05) is 18.9 Å². The summed E-state index contributed by atoms with van der Waals surface area (Å²) >= 11 is 0. The number of carbonyl (C=O) groups is 1. The number of carbonyl (C=O) groups excluding carboxylic acids is 1. The predicted octanol–water partition coefficient (Wildman–Crippen LogP) is 2.40. The van der Waals surface area contributed by atoms with Gasteiger partial charge in [0.15, 0.2) is 0 Å². The van der Waals surface area contributed by atoms with Crippen LogP contribution in [0.15, 0.2) is 29.2 Å². The Morgan fingerprint density at radius 1 is 1.21 bits per heavy atom. The molecule has 136 valence electrons. The monoisotopic (exact) mass is 375 g/mol. The van der Waals surface area contributed by atoms with Gasteiger partial charge in [-0.15, -0.1) is 12.4 Å². The van der Waals surface area contributed by atoms with E-state index in [1.54, 1.807) is 32.9 Å². The summed E-state index contributed by atoms with van der Waals surface area (Å²) in [5.74, 6) is -0.256. The van der Waals surface area contributed by atoms with Crippen molar-refractivity contribution in [2.24, 2.45) is 5.73 Å². The molecule has 0 spiro atoms. The molecule has 0 atom stereocenters. The number of sulfonamides is 1. The fourth-order valence-corrected chi connectivity index (χ4v) is 4.16. The van der Waals surface area contributed by atoms with E-state index in [0.717, 1.165) is 12.8 Å². The average Bonchev–Trinajstić information content (AvgIpc) is 2.85. The highest BCUT2D eigenvalue weighted by Crippen LogP contribution is 2.28. The van der Waals surface area contributed by atoms with Gasteiger partial charge in [-0.2, -0.15) is 0 Å². The molecule has 2 rings (SSSR count).